The van der Waals surface area contributed by atoms with E-state index in [0.29, 0.717) is 6.54 Å². The second-order valence-electron chi connectivity index (χ2n) is 5.26. The maximum absolute atomic E-state index is 12.2. The average Bonchev–Trinajstić information content (AvgIpc) is 2.85. The Morgan fingerprint density at radius 1 is 1.53 bits per heavy atom. The van der Waals surface area contributed by atoms with Crippen LogP contribution in [0.1, 0.15) is 24.1 Å². The molecule has 1 aliphatic heterocycles. The maximum Gasteiger partial charge on any atom is 0.244 e. The highest BCUT2D eigenvalue weighted by molar-refractivity contribution is 5.85. The zero-order valence-electron chi connectivity index (χ0n) is 11.9. The third kappa shape index (κ3) is 2.87. The summed E-state index contributed by atoms with van der Waals surface area (Å²) in [6.07, 6.45) is 1.92. The molecule has 0 aromatic carbocycles. The predicted octanol–water partition coefficient (Wildman–Crippen LogP) is 0.906. The van der Waals surface area contributed by atoms with Crippen LogP contribution in [0.25, 0.3) is 0 Å². The topological polar surface area (TPSA) is 62.5 Å². The molecule has 2 heterocycles. The molecule has 5 nitrogen and oxygen atoms in total. The fraction of sp³-hybridized carbons (Fsp3) is 0.571. The van der Waals surface area contributed by atoms with Gasteiger partial charge < -0.3 is 15.5 Å². The molecule has 1 aliphatic rings. The van der Waals surface area contributed by atoms with E-state index < -0.39 is 0 Å². The van der Waals surface area contributed by atoms with E-state index in [0.717, 1.165) is 36.5 Å². The number of hydrogen-bond donors (Lipinski definition) is 1. The molecule has 1 aromatic rings. The molecule has 0 radical (unpaired) electrons. The Kier molecular flexibility index (Phi) is 4.04. The summed E-state index contributed by atoms with van der Waals surface area (Å²) in [5.41, 5.74) is 7.71. The number of aryl methyl sites for hydroxylation is 1. The summed E-state index contributed by atoms with van der Waals surface area (Å²) < 4.78 is 0. The molecular formula is C14H22N4O. The van der Waals surface area contributed by atoms with Crippen LogP contribution < -0.4 is 10.6 Å². The molecule has 0 saturated carbocycles. The smallest absolute Gasteiger partial charge is 0.244 e. The molecule has 1 amide bonds. The highest BCUT2D eigenvalue weighted by Gasteiger charge is 2.32. The van der Waals surface area contributed by atoms with Crippen LogP contribution in [0.4, 0.5) is 5.82 Å². The monoisotopic (exact) mass is 262 g/mol. The fourth-order valence-corrected chi connectivity index (χ4v) is 2.58. The van der Waals surface area contributed by atoms with Crippen LogP contribution in [0, 0.1) is 6.92 Å². The Balaban J connectivity index is 2.29. The van der Waals surface area contributed by atoms with Gasteiger partial charge >= 0.3 is 0 Å². The quantitative estimate of drug-likeness (QED) is 0.879. The van der Waals surface area contributed by atoms with Gasteiger partial charge in [0.25, 0.3) is 0 Å². The molecule has 2 rings (SSSR count). The van der Waals surface area contributed by atoms with E-state index >= 15 is 0 Å². The van der Waals surface area contributed by atoms with Gasteiger partial charge in [0.15, 0.2) is 0 Å². The van der Waals surface area contributed by atoms with E-state index in [1.54, 1.807) is 19.0 Å². The summed E-state index contributed by atoms with van der Waals surface area (Å²) in [4.78, 5) is 20.5. The Hall–Kier alpha value is -1.62. The summed E-state index contributed by atoms with van der Waals surface area (Å²) in [6.45, 7) is 3.34. The first-order valence-corrected chi connectivity index (χ1v) is 6.68. The number of carbonyl (C=O) groups excluding carboxylic acids is 1. The van der Waals surface area contributed by atoms with Gasteiger partial charge in [0.05, 0.1) is 0 Å². The van der Waals surface area contributed by atoms with Crippen LogP contribution in [-0.2, 0) is 11.3 Å². The number of rotatable bonds is 3. The standard InChI is InChI=1S/C14H22N4O/c1-10-7-11(9-15)8-13(16-10)18-6-4-5-12(18)14(19)17(2)3/h7-8,12H,4-6,9,15H2,1-3H3. The molecule has 1 atom stereocenters. The van der Waals surface area contributed by atoms with Gasteiger partial charge in [-0.2, -0.15) is 0 Å². The molecule has 1 saturated heterocycles. The van der Waals surface area contributed by atoms with Crippen molar-refractivity contribution in [2.24, 2.45) is 5.73 Å². The number of anilines is 1. The second kappa shape index (κ2) is 5.57. The lowest BCUT2D eigenvalue weighted by Crippen LogP contribution is -2.43. The fourth-order valence-electron chi connectivity index (χ4n) is 2.58. The van der Waals surface area contributed by atoms with E-state index in [1.807, 2.05) is 19.1 Å². The number of hydrogen-bond acceptors (Lipinski definition) is 4. The van der Waals surface area contributed by atoms with Gasteiger partial charge in [0, 0.05) is 32.9 Å². The van der Waals surface area contributed by atoms with Crippen molar-refractivity contribution in [3.05, 3.63) is 23.4 Å². The number of carbonyl (C=O) groups is 1. The van der Waals surface area contributed by atoms with Crippen molar-refractivity contribution in [1.82, 2.24) is 9.88 Å². The molecule has 1 aromatic heterocycles. The van der Waals surface area contributed by atoms with Crippen molar-refractivity contribution in [2.45, 2.75) is 32.4 Å². The lowest BCUT2D eigenvalue weighted by atomic mass is 10.2. The van der Waals surface area contributed by atoms with Crippen molar-refractivity contribution in [2.75, 3.05) is 25.5 Å². The first-order valence-electron chi connectivity index (χ1n) is 6.68. The molecule has 1 fully saturated rings. The van der Waals surface area contributed by atoms with Crippen LogP contribution >= 0.6 is 0 Å². The van der Waals surface area contributed by atoms with Gasteiger partial charge in [-0.05, 0) is 37.5 Å². The molecule has 2 N–H and O–H groups in total. The molecule has 0 aliphatic carbocycles. The lowest BCUT2D eigenvalue weighted by Gasteiger charge is -2.27. The Morgan fingerprint density at radius 2 is 2.26 bits per heavy atom. The van der Waals surface area contributed by atoms with Crippen LogP contribution in [0.5, 0.6) is 0 Å². The van der Waals surface area contributed by atoms with E-state index in [2.05, 4.69) is 9.88 Å². The minimum Gasteiger partial charge on any atom is -0.347 e. The zero-order chi connectivity index (χ0) is 14.0. The Bertz CT molecular complexity index is 473. The van der Waals surface area contributed by atoms with Gasteiger partial charge in [-0.15, -0.1) is 0 Å². The summed E-state index contributed by atoms with van der Waals surface area (Å²) in [5.74, 6) is 1.02. The number of nitrogens with zero attached hydrogens (tertiary/aromatic N) is 3. The Morgan fingerprint density at radius 3 is 2.89 bits per heavy atom. The maximum atomic E-state index is 12.2. The SMILES string of the molecule is Cc1cc(CN)cc(N2CCCC2C(=O)N(C)C)n1. The third-order valence-electron chi connectivity index (χ3n) is 3.51. The zero-order valence-corrected chi connectivity index (χ0v) is 11.9. The van der Waals surface area contributed by atoms with Crippen LogP contribution in [-0.4, -0.2) is 42.5 Å². The highest BCUT2D eigenvalue weighted by atomic mass is 16.2. The molecular weight excluding hydrogens is 240 g/mol. The molecule has 0 spiro atoms. The molecule has 0 bridgehead atoms. The van der Waals surface area contributed by atoms with Crippen molar-refractivity contribution < 1.29 is 4.79 Å². The molecule has 19 heavy (non-hydrogen) atoms. The first kappa shape index (κ1) is 13.8. The lowest BCUT2D eigenvalue weighted by molar-refractivity contribution is -0.129. The van der Waals surface area contributed by atoms with Gasteiger partial charge in [-0.1, -0.05) is 0 Å². The van der Waals surface area contributed by atoms with Crippen LogP contribution in [0.3, 0.4) is 0 Å². The second-order valence-corrected chi connectivity index (χ2v) is 5.26. The van der Waals surface area contributed by atoms with E-state index in [4.69, 9.17) is 5.73 Å². The highest BCUT2D eigenvalue weighted by Crippen LogP contribution is 2.26. The van der Waals surface area contributed by atoms with Crippen molar-refractivity contribution in [3.8, 4) is 0 Å². The van der Waals surface area contributed by atoms with Crippen LogP contribution in [0.15, 0.2) is 12.1 Å². The van der Waals surface area contributed by atoms with Gasteiger partial charge in [-0.3, -0.25) is 4.79 Å². The summed E-state index contributed by atoms with van der Waals surface area (Å²) in [6, 6.07) is 3.89. The van der Waals surface area contributed by atoms with Gasteiger partial charge in [-0.25, -0.2) is 4.98 Å². The molecule has 1 unspecified atom stereocenters. The number of amides is 1. The van der Waals surface area contributed by atoms with Crippen molar-refractivity contribution in [1.29, 1.82) is 0 Å². The minimum absolute atomic E-state index is 0.0880. The van der Waals surface area contributed by atoms with E-state index in [-0.39, 0.29) is 11.9 Å². The number of pyridine rings is 1. The summed E-state index contributed by atoms with van der Waals surface area (Å²) in [5, 5.41) is 0. The largest absolute Gasteiger partial charge is 0.347 e. The summed E-state index contributed by atoms with van der Waals surface area (Å²) in [7, 11) is 3.60. The van der Waals surface area contributed by atoms with Crippen molar-refractivity contribution >= 4 is 11.7 Å². The molecule has 5 heteroatoms. The number of nitrogens with two attached hydrogens (primary N) is 1. The third-order valence-corrected chi connectivity index (χ3v) is 3.51. The minimum atomic E-state index is -0.0880. The first-order chi connectivity index (χ1) is 9.02. The average molecular weight is 262 g/mol. The van der Waals surface area contributed by atoms with E-state index in [9.17, 15) is 4.79 Å². The molecule has 104 valence electrons. The van der Waals surface area contributed by atoms with E-state index in [1.165, 1.54) is 0 Å². The predicted molar refractivity (Wildman–Crippen MR) is 75.9 cm³/mol. The Labute approximate surface area is 114 Å². The number of aromatic nitrogens is 1. The summed E-state index contributed by atoms with van der Waals surface area (Å²) >= 11 is 0. The van der Waals surface area contributed by atoms with Crippen LogP contribution in [0.2, 0.25) is 0 Å². The van der Waals surface area contributed by atoms with Crippen molar-refractivity contribution in [3.63, 3.8) is 0 Å². The van der Waals surface area contributed by atoms with Gasteiger partial charge in [0.1, 0.15) is 11.9 Å². The number of likely N-dealkylation sites (N-methyl/N-ethyl adjacent to an activating group) is 1. The normalized spacial score (nSPS) is 18.7. The van der Waals surface area contributed by atoms with Gasteiger partial charge in [0.2, 0.25) is 5.91 Å².